The van der Waals surface area contributed by atoms with Crippen LogP contribution in [0.15, 0.2) is 0 Å². The van der Waals surface area contributed by atoms with Gasteiger partial charge in [-0.15, -0.1) is 6.42 Å². The molecule has 1 amide bonds. The molecular formula is C12H21NO2. The molecule has 86 valence electrons. The van der Waals surface area contributed by atoms with E-state index in [1.165, 1.54) is 0 Å². The molecule has 0 fully saturated rings. The van der Waals surface area contributed by atoms with Crippen molar-refractivity contribution in [3.63, 3.8) is 0 Å². The summed E-state index contributed by atoms with van der Waals surface area (Å²) in [5.41, 5.74) is -0.674. The number of ether oxygens (including phenoxy) is 1. The zero-order valence-corrected chi connectivity index (χ0v) is 10.5. The van der Waals surface area contributed by atoms with E-state index in [1.807, 2.05) is 41.5 Å². The van der Waals surface area contributed by atoms with E-state index in [9.17, 15) is 4.79 Å². The summed E-state index contributed by atoms with van der Waals surface area (Å²) >= 11 is 0. The van der Waals surface area contributed by atoms with Crippen LogP contribution in [0.3, 0.4) is 0 Å². The smallest absolute Gasteiger partial charge is 0.408 e. The van der Waals surface area contributed by atoms with Crippen molar-refractivity contribution in [1.82, 2.24) is 5.32 Å². The van der Waals surface area contributed by atoms with Crippen molar-refractivity contribution in [1.29, 1.82) is 0 Å². The number of nitrogens with one attached hydrogen (secondary N) is 1. The molecule has 0 radical (unpaired) electrons. The lowest BCUT2D eigenvalue weighted by atomic mass is 9.87. The van der Waals surface area contributed by atoms with Crippen LogP contribution in [0.2, 0.25) is 0 Å². The van der Waals surface area contributed by atoms with Crippen LogP contribution in [-0.2, 0) is 4.74 Å². The lowest BCUT2D eigenvalue weighted by Gasteiger charge is -2.28. The SMILES string of the molecule is C#CC(NC(=O)OC(C)(C)C)C(C)(C)C. The van der Waals surface area contributed by atoms with Crippen molar-refractivity contribution in [2.24, 2.45) is 5.41 Å². The van der Waals surface area contributed by atoms with Gasteiger partial charge in [0.15, 0.2) is 0 Å². The maximum Gasteiger partial charge on any atom is 0.408 e. The van der Waals surface area contributed by atoms with Crippen LogP contribution >= 0.6 is 0 Å². The molecule has 0 bridgehead atoms. The Kier molecular flexibility index (Phi) is 4.21. The zero-order chi connectivity index (χ0) is 12.3. The molecular weight excluding hydrogens is 190 g/mol. The molecule has 1 unspecified atom stereocenters. The maximum atomic E-state index is 11.4. The average molecular weight is 211 g/mol. The van der Waals surface area contributed by atoms with E-state index >= 15 is 0 Å². The van der Waals surface area contributed by atoms with Crippen LogP contribution in [0, 0.1) is 17.8 Å². The number of amides is 1. The number of rotatable bonds is 1. The maximum absolute atomic E-state index is 11.4. The number of hydrogen-bond donors (Lipinski definition) is 1. The van der Waals surface area contributed by atoms with Gasteiger partial charge in [-0.05, 0) is 26.2 Å². The Morgan fingerprint density at radius 1 is 1.27 bits per heavy atom. The van der Waals surface area contributed by atoms with Gasteiger partial charge < -0.3 is 10.1 Å². The van der Waals surface area contributed by atoms with E-state index in [0.29, 0.717) is 0 Å². The van der Waals surface area contributed by atoms with Gasteiger partial charge in [0, 0.05) is 0 Å². The van der Waals surface area contributed by atoms with E-state index < -0.39 is 11.7 Å². The fourth-order valence-electron chi connectivity index (χ4n) is 0.934. The highest BCUT2D eigenvalue weighted by atomic mass is 16.6. The molecule has 0 aliphatic rings. The molecule has 0 saturated carbocycles. The first-order valence-corrected chi connectivity index (χ1v) is 5.02. The summed E-state index contributed by atoms with van der Waals surface area (Å²) in [4.78, 5) is 11.4. The molecule has 0 saturated heterocycles. The van der Waals surface area contributed by atoms with Crippen molar-refractivity contribution in [2.75, 3.05) is 0 Å². The second-order valence-corrected chi connectivity index (χ2v) is 5.61. The summed E-state index contributed by atoms with van der Waals surface area (Å²) in [7, 11) is 0. The predicted octanol–water partition coefficient (Wildman–Crippen LogP) is 2.56. The fraction of sp³-hybridized carbons (Fsp3) is 0.750. The molecule has 0 heterocycles. The summed E-state index contributed by atoms with van der Waals surface area (Å²) in [5.74, 6) is 2.55. The summed E-state index contributed by atoms with van der Waals surface area (Å²) < 4.78 is 5.12. The first-order chi connectivity index (χ1) is 6.56. The van der Waals surface area contributed by atoms with Gasteiger partial charge in [-0.1, -0.05) is 26.7 Å². The van der Waals surface area contributed by atoms with Gasteiger partial charge in [-0.2, -0.15) is 0 Å². The highest BCUT2D eigenvalue weighted by Gasteiger charge is 2.26. The molecule has 0 aliphatic carbocycles. The Morgan fingerprint density at radius 2 is 1.73 bits per heavy atom. The quantitative estimate of drug-likeness (QED) is 0.677. The van der Waals surface area contributed by atoms with E-state index in [4.69, 9.17) is 11.2 Å². The monoisotopic (exact) mass is 211 g/mol. The first kappa shape index (κ1) is 13.8. The van der Waals surface area contributed by atoms with Gasteiger partial charge in [0.05, 0.1) is 6.04 Å². The standard InChI is InChI=1S/C12H21NO2/c1-8-9(11(2,3)4)13-10(14)15-12(5,6)7/h1,9H,2-7H3,(H,13,14). The van der Waals surface area contributed by atoms with Crippen molar-refractivity contribution >= 4 is 6.09 Å². The van der Waals surface area contributed by atoms with Gasteiger partial charge in [0.25, 0.3) is 0 Å². The molecule has 1 N–H and O–H groups in total. The molecule has 3 nitrogen and oxygen atoms in total. The van der Waals surface area contributed by atoms with Crippen molar-refractivity contribution in [3.8, 4) is 12.3 Å². The highest BCUT2D eigenvalue weighted by Crippen LogP contribution is 2.19. The zero-order valence-electron chi connectivity index (χ0n) is 10.5. The number of terminal acetylenes is 1. The number of carbonyl (C=O) groups is 1. The lowest BCUT2D eigenvalue weighted by Crippen LogP contribution is -2.44. The Morgan fingerprint density at radius 3 is 2.00 bits per heavy atom. The predicted molar refractivity (Wildman–Crippen MR) is 61.4 cm³/mol. The number of hydrogen-bond acceptors (Lipinski definition) is 2. The van der Waals surface area contributed by atoms with Crippen LogP contribution in [-0.4, -0.2) is 17.7 Å². The highest BCUT2D eigenvalue weighted by molar-refractivity contribution is 5.68. The van der Waals surface area contributed by atoms with Gasteiger partial charge in [-0.3, -0.25) is 0 Å². The van der Waals surface area contributed by atoms with Gasteiger partial charge in [0.1, 0.15) is 5.60 Å². The van der Waals surface area contributed by atoms with E-state index in [-0.39, 0.29) is 11.5 Å². The van der Waals surface area contributed by atoms with E-state index in [1.54, 1.807) is 0 Å². The summed E-state index contributed by atoms with van der Waals surface area (Å²) in [6, 6.07) is -0.327. The summed E-state index contributed by atoms with van der Waals surface area (Å²) in [6.45, 7) is 11.3. The average Bonchev–Trinajstić information content (AvgIpc) is 1.94. The van der Waals surface area contributed by atoms with Crippen molar-refractivity contribution in [3.05, 3.63) is 0 Å². The van der Waals surface area contributed by atoms with Crippen molar-refractivity contribution < 1.29 is 9.53 Å². The third-order valence-corrected chi connectivity index (χ3v) is 1.69. The minimum atomic E-state index is -0.499. The summed E-state index contributed by atoms with van der Waals surface area (Å²) in [5, 5.41) is 2.67. The van der Waals surface area contributed by atoms with Gasteiger partial charge >= 0.3 is 6.09 Å². The Labute approximate surface area is 92.6 Å². The van der Waals surface area contributed by atoms with Crippen LogP contribution in [0.1, 0.15) is 41.5 Å². The topological polar surface area (TPSA) is 38.3 Å². The van der Waals surface area contributed by atoms with Gasteiger partial charge in [0.2, 0.25) is 0 Å². The Bertz CT molecular complexity index is 263. The summed E-state index contributed by atoms with van der Waals surface area (Å²) in [6.07, 6.45) is 4.88. The normalized spacial score (nSPS) is 13.9. The molecule has 0 rings (SSSR count). The number of carbonyl (C=O) groups excluding carboxylic acids is 1. The van der Waals surface area contributed by atoms with Crippen LogP contribution < -0.4 is 5.32 Å². The van der Waals surface area contributed by atoms with Gasteiger partial charge in [-0.25, -0.2) is 4.79 Å². The van der Waals surface area contributed by atoms with Crippen LogP contribution in [0.4, 0.5) is 4.79 Å². The second kappa shape index (κ2) is 4.57. The van der Waals surface area contributed by atoms with E-state index in [2.05, 4.69) is 11.2 Å². The molecule has 0 aromatic heterocycles. The molecule has 3 heteroatoms. The molecule has 15 heavy (non-hydrogen) atoms. The molecule has 0 aromatic carbocycles. The minimum Gasteiger partial charge on any atom is -0.444 e. The Hall–Kier alpha value is -1.17. The molecule has 0 aliphatic heterocycles. The van der Waals surface area contributed by atoms with Crippen LogP contribution in [0.25, 0.3) is 0 Å². The minimum absolute atomic E-state index is 0.175. The number of alkyl carbamates (subject to hydrolysis) is 1. The first-order valence-electron chi connectivity index (χ1n) is 5.02. The lowest BCUT2D eigenvalue weighted by molar-refractivity contribution is 0.0488. The largest absolute Gasteiger partial charge is 0.444 e. The fourth-order valence-corrected chi connectivity index (χ4v) is 0.934. The molecule has 0 spiro atoms. The van der Waals surface area contributed by atoms with Crippen LogP contribution in [0.5, 0.6) is 0 Å². The second-order valence-electron chi connectivity index (χ2n) is 5.61. The van der Waals surface area contributed by atoms with E-state index in [0.717, 1.165) is 0 Å². The molecule has 0 aromatic rings. The third-order valence-electron chi connectivity index (χ3n) is 1.69. The molecule has 1 atom stereocenters. The third kappa shape index (κ3) is 6.01. The van der Waals surface area contributed by atoms with Crippen molar-refractivity contribution in [2.45, 2.75) is 53.2 Å². The Balaban J connectivity index is 4.36.